The van der Waals surface area contributed by atoms with Gasteiger partial charge in [0.2, 0.25) is 5.79 Å². The van der Waals surface area contributed by atoms with E-state index in [1.807, 2.05) is 13.8 Å². The van der Waals surface area contributed by atoms with Crippen LogP contribution in [0.1, 0.15) is 66.8 Å². The van der Waals surface area contributed by atoms with Crippen molar-refractivity contribution in [1.82, 2.24) is 0 Å². The van der Waals surface area contributed by atoms with Crippen LogP contribution in [0.4, 0.5) is 0 Å². The topological polar surface area (TPSA) is 72.8 Å². The summed E-state index contributed by atoms with van der Waals surface area (Å²) < 4.78 is 11.5. The molecular formula is C18H20O5. The number of aryl methyl sites for hydroxylation is 1. The molecule has 1 aromatic rings. The summed E-state index contributed by atoms with van der Waals surface area (Å²) >= 11 is 0. The normalized spacial score (nSPS) is 37.8. The van der Waals surface area contributed by atoms with E-state index in [1.165, 1.54) is 0 Å². The largest absolute Gasteiger partial charge is 0.462 e. The fourth-order valence-electron chi connectivity index (χ4n) is 4.51. The van der Waals surface area contributed by atoms with E-state index in [-0.39, 0.29) is 24.1 Å². The van der Waals surface area contributed by atoms with Crippen LogP contribution in [0.15, 0.2) is 6.07 Å². The first-order chi connectivity index (χ1) is 10.6. The van der Waals surface area contributed by atoms with Crippen LogP contribution in [0.25, 0.3) is 0 Å². The minimum Gasteiger partial charge on any atom is -0.462 e. The Bertz CT molecular complexity index is 763. The van der Waals surface area contributed by atoms with Gasteiger partial charge in [0.05, 0.1) is 0 Å². The van der Waals surface area contributed by atoms with Crippen molar-refractivity contribution in [2.45, 2.75) is 57.8 Å². The molecule has 2 heterocycles. The fraction of sp³-hybridized carbons (Fsp3) is 0.556. The van der Waals surface area contributed by atoms with E-state index < -0.39 is 17.3 Å². The number of rotatable bonds is 0. The van der Waals surface area contributed by atoms with E-state index in [1.54, 1.807) is 19.9 Å². The Hall–Kier alpha value is -1.88. The molecule has 0 saturated heterocycles. The van der Waals surface area contributed by atoms with Gasteiger partial charge in [-0.2, -0.15) is 0 Å². The van der Waals surface area contributed by atoms with Crippen LogP contribution < -0.4 is 4.74 Å². The monoisotopic (exact) mass is 316 g/mol. The Morgan fingerprint density at radius 3 is 2.70 bits per heavy atom. The lowest BCUT2D eigenvalue weighted by molar-refractivity contribution is -0.184. The summed E-state index contributed by atoms with van der Waals surface area (Å²) in [5, 5.41) is 10.4. The first-order valence-electron chi connectivity index (χ1n) is 7.98. The van der Waals surface area contributed by atoms with Gasteiger partial charge in [-0.3, -0.25) is 9.59 Å². The van der Waals surface area contributed by atoms with E-state index in [9.17, 15) is 14.7 Å². The number of hydrogen-bond donors (Lipinski definition) is 1. The summed E-state index contributed by atoms with van der Waals surface area (Å²) in [5.74, 6) is -1.28. The van der Waals surface area contributed by atoms with Crippen molar-refractivity contribution in [3.63, 3.8) is 0 Å². The van der Waals surface area contributed by atoms with E-state index in [2.05, 4.69) is 0 Å². The van der Waals surface area contributed by atoms with Crippen molar-refractivity contribution in [2.75, 3.05) is 0 Å². The molecule has 3 aliphatic rings. The highest BCUT2D eigenvalue weighted by molar-refractivity contribution is 6.03. The van der Waals surface area contributed by atoms with Crippen molar-refractivity contribution < 1.29 is 24.2 Å². The Labute approximate surface area is 134 Å². The van der Waals surface area contributed by atoms with Crippen LogP contribution in [-0.4, -0.2) is 22.6 Å². The predicted molar refractivity (Wildman–Crippen MR) is 81.3 cm³/mol. The summed E-state index contributed by atoms with van der Waals surface area (Å²) in [6, 6.07) is 1.77. The maximum Gasteiger partial charge on any atom is 0.317 e. The van der Waals surface area contributed by atoms with E-state index in [4.69, 9.17) is 9.47 Å². The number of hydrogen-bond acceptors (Lipinski definition) is 5. The van der Waals surface area contributed by atoms with Crippen LogP contribution in [0.3, 0.4) is 0 Å². The van der Waals surface area contributed by atoms with Crippen molar-refractivity contribution in [2.24, 2.45) is 5.92 Å². The molecule has 23 heavy (non-hydrogen) atoms. The molecule has 5 nitrogen and oxygen atoms in total. The summed E-state index contributed by atoms with van der Waals surface area (Å²) in [5.41, 5.74) is 1.99. The third-order valence-corrected chi connectivity index (χ3v) is 5.36. The maximum absolute atomic E-state index is 12.7. The number of Topliss-reactive ketones (excluding diaryl/α,β-unsaturated/α-hetero) is 1. The molecule has 2 aliphatic heterocycles. The molecule has 0 spiro atoms. The van der Waals surface area contributed by atoms with Gasteiger partial charge in [0.25, 0.3) is 0 Å². The molecule has 0 unspecified atom stereocenters. The van der Waals surface area contributed by atoms with Crippen LogP contribution in [0, 0.1) is 12.8 Å². The van der Waals surface area contributed by atoms with Gasteiger partial charge in [0.1, 0.15) is 17.3 Å². The molecule has 5 heteroatoms. The number of esters is 1. The van der Waals surface area contributed by atoms with Gasteiger partial charge in [-0.15, -0.1) is 0 Å². The smallest absolute Gasteiger partial charge is 0.317 e. The second kappa shape index (κ2) is 4.15. The van der Waals surface area contributed by atoms with Gasteiger partial charge in [-0.1, -0.05) is 6.92 Å². The van der Waals surface area contributed by atoms with Gasteiger partial charge in [0.15, 0.2) is 5.78 Å². The summed E-state index contributed by atoms with van der Waals surface area (Å²) in [7, 11) is 0. The van der Waals surface area contributed by atoms with Crippen molar-refractivity contribution in [3.05, 3.63) is 28.3 Å². The highest BCUT2D eigenvalue weighted by Gasteiger charge is 2.57. The number of aliphatic hydroxyl groups is 1. The zero-order chi connectivity index (χ0) is 16.7. The van der Waals surface area contributed by atoms with E-state index in [0.29, 0.717) is 17.7 Å². The Morgan fingerprint density at radius 2 is 2.00 bits per heavy atom. The second-order valence-electron chi connectivity index (χ2n) is 7.57. The molecule has 0 amide bonds. The number of benzene rings is 1. The average molecular weight is 316 g/mol. The summed E-state index contributed by atoms with van der Waals surface area (Å²) in [4.78, 5) is 25.3. The molecule has 0 saturated carbocycles. The molecule has 0 fully saturated rings. The number of carbonyl (C=O) groups is 2. The highest BCUT2D eigenvalue weighted by Crippen LogP contribution is 2.56. The Morgan fingerprint density at radius 1 is 1.30 bits per heavy atom. The second-order valence-corrected chi connectivity index (χ2v) is 7.57. The maximum atomic E-state index is 12.7. The van der Waals surface area contributed by atoms with Crippen molar-refractivity contribution in [3.8, 4) is 5.75 Å². The fourth-order valence-corrected chi connectivity index (χ4v) is 4.51. The lowest BCUT2D eigenvalue weighted by Crippen LogP contribution is -2.53. The van der Waals surface area contributed by atoms with Gasteiger partial charge in [0, 0.05) is 42.4 Å². The standard InChI is InChI=1S/C18H20O5/c1-8-6-11-14-13-12(8)10(19)5-9(2)15(13)22-16(20)17(14,3)7-18(4,21)23-11/h6,9,15,21H,5,7H2,1-4H3/t9-,15+,17-,18+/m0/s1. The third kappa shape index (κ3) is 1.77. The van der Waals surface area contributed by atoms with Gasteiger partial charge < -0.3 is 14.6 Å². The Balaban J connectivity index is 2.11. The highest BCUT2D eigenvalue weighted by atomic mass is 16.6. The van der Waals surface area contributed by atoms with Crippen LogP contribution in [0.2, 0.25) is 0 Å². The SMILES string of the molecule is Cc1cc2c3c4c1C(=O)C[C@H](C)[C@H]4OC(=O)[C@@]3(C)C[C@](C)(O)O2. The van der Waals surface area contributed by atoms with Crippen molar-refractivity contribution in [1.29, 1.82) is 0 Å². The van der Waals surface area contributed by atoms with E-state index in [0.717, 1.165) is 16.7 Å². The quantitative estimate of drug-likeness (QED) is 0.745. The molecular weight excluding hydrogens is 296 g/mol. The minimum absolute atomic E-state index is 0.0585. The molecule has 4 rings (SSSR count). The molecule has 122 valence electrons. The first-order valence-corrected chi connectivity index (χ1v) is 7.98. The summed E-state index contributed by atoms with van der Waals surface area (Å²) in [6.07, 6.45) is 0.0693. The average Bonchev–Trinajstić information content (AvgIpc) is 2.38. The molecule has 1 aromatic carbocycles. The molecule has 0 aromatic heterocycles. The summed E-state index contributed by atoms with van der Waals surface area (Å²) in [6.45, 7) is 7.09. The Kier molecular flexibility index (Phi) is 2.65. The third-order valence-electron chi connectivity index (χ3n) is 5.36. The zero-order valence-corrected chi connectivity index (χ0v) is 13.7. The first kappa shape index (κ1) is 14.7. The van der Waals surface area contributed by atoms with E-state index >= 15 is 0 Å². The molecule has 0 bridgehead atoms. The molecule has 0 radical (unpaired) electrons. The molecule has 1 N–H and O–H groups in total. The number of ketones is 1. The van der Waals surface area contributed by atoms with Gasteiger partial charge in [-0.05, 0) is 25.5 Å². The van der Waals surface area contributed by atoms with Gasteiger partial charge >= 0.3 is 5.97 Å². The molecule has 4 atom stereocenters. The van der Waals surface area contributed by atoms with Gasteiger partial charge in [-0.25, -0.2) is 0 Å². The predicted octanol–water partition coefficient (Wildman–Crippen LogP) is 2.56. The lowest BCUT2D eigenvalue weighted by Gasteiger charge is -2.48. The number of carbonyl (C=O) groups excluding carboxylic acids is 2. The van der Waals surface area contributed by atoms with Crippen LogP contribution in [0.5, 0.6) is 5.75 Å². The van der Waals surface area contributed by atoms with Crippen molar-refractivity contribution >= 4 is 11.8 Å². The lowest BCUT2D eigenvalue weighted by atomic mass is 9.65. The zero-order valence-electron chi connectivity index (χ0n) is 13.7. The van der Waals surface area contributed by atoms with Crippen LogP contribution >= 0.6 is 0 Å². The minimum atomic E-state index is -1.45. The molecule has 1 aliphatic carbocycles. The van der Waals surface area contributed by atoms with Crippen LogP contribution in [-0.2, 0) is 14.9 Å². The number of ether oxygens (including phenoxy) is 2.